The summed E-state index contributed by atoms with van der Waals surface area (Å²) in [6, 6.07) is 3.36. The molecule has 0 aromatic carbocycles. The van der Waals surface area contributed by atoms with Crippen LogP contribution in [0.15, 0.2) is 24.5 Å². The minimum Gasteiger partial charge on any atom is -0.467 e. The number of rotatable bonds is 6. The number of ether oxygens (including phenoxy) is 2. The molecule has 2 unspecified atom stereocenters. The molecule has 2 atom stereocenters. The number of aliphatic hydroxyl groups excluding tert-OH is 1. The molecule has 94 valence electrons. The van der Waals surface area contributed by atoms with Gasteiger partial charge in [0.1, 0.15) is 0 Å². The minimum atomic E-state index is -1.18. The van der Waals surface area contributed by atoms with E-state index >= 15 is 0 Å². The summed E-state index contributed by atoms with van der Waals surface area (Å²) in [5.74, 6) is -0.0772. The normalized spacial score (nSPS) is 14.1. The number of aromatic nitrogens is 1. The van der Waals surface area contributed by atoms with Gasteiger partial charge in [0.2, 0.25) is 0 Å². The lowest BCUT2D eigenvalue weighted by Crippen LogP contribution is -2.29. The summed E-state index contributed by atoms with van der Waals surface area (Å²) in [6.07, 6.45) is 2.95. The van der Waals surface area contributed by atoms with E-state index in [0.717, 1.165) is 0 Å². The highest BCUT2D eigenvalue weighted by molar-refractivity contribution is 7.98. The van der Waals surface area contributed by atoms with Crippen LogP contribution in [0.25, 0.3) is 0 Å². The Morgan fingerprint density at radius 3 is 2.94 bits per heavy atom. The highest BCUT2D eigenvalue weighted by Gasteiger charge is 2.23. The van der Waals surface area contributed by atoms with Gasteiger partial charge >= 0.3 is 5.97 Å². The van der Waals surface area contributed by atoms with E-state index in [9.17, 15) is 9.90 Å². The second kappa shape index (κ2) is 7.26. The smallest absolute Gasteiger partial charge is 0.335 e. The number of nitrogens with zero attached hydrogens (tertiary/aromatic N) is 1. The molecule has 6 heteroatoms. The number of methoxy groups -OCH3 is 1. The zero-order valence-electron chi connectivity index (χ0n) is 9.70. The maximum Gasteiger partial charge on any atom is 0.335 e. The molecule has 0 spiro atoms. The molecule has 0 amide bonds. The molecule has 0 aliphatic heterocycles. The van der Waals surface area contributed by atoms with Gasteiger partial charge in [-0.1, -0.05) is 6.07 Å². The van der Waals surface area contributed by atoms with E-state index in [4.69, 9.17) is 4.74 Å². The maximum atomic E-state index is 11.4. The number of aliphatic hydroxyl groups is 1. The average Bonchev–Trinajstić information content (AvgIpc) is 2.38. The standard InChI is InChI=1S/C11H15NO4S/c1-15-11(14)9(7-17-2)16-10(13)8-4-3-5-12-6-8/h3-6,9-10,13H,7H2,1-2H3. The number of pyridine rings is 1. The van der Waals surface area contributed by atoms with Crippen molar-refractivity contribution in [2.45, 2.75) is 12.4 Å². The predicted molar refractivity (Wildman–Crippen MR) is 64.5 cm³/mol. The van der Waals surface area contributed by atoms with Crippen LogP contribution < -0.4 is 0 Å². The van der Waals surface area contributed by atoms with Crippen molar-refractivity contribution in [3.63, 3.8) is 0 Å². The molecular formula is C11H15NO4S. The topological polar surface area (TPSA) is 68.7 Å². The largest absolute Gasteiger partial charge is 0.467 e. The fraction of sp³-hybridized carbons (Fsp3) is 0.455. The Kier molecular flexibility index (Phi) is 5.96. The third-order valence-corrected chi connectivity index (χ3v) is 2.68. The third kappa shape index (κ3) is 4.33. The molecule has 17 heavy (non-hydrogen) atoms. The summed E-state index contributed by atoms with van der Waals surface area (Å²) in [5, 5.41) is 9.78. The van der Waals surface area contributed by atoms with E-state index in [1.165, 1.54) is 25.1 Å². The molecule has 0 saturated carbocycles. The quantitative estimate of drug-likeness (QED) is 0.605. The number of hydrogen-bond donors (Lipinski definition) is 1. The molecule has 0 aliphatic carbocycles. The molecule has 1 heterocycles. The molecule has 1 rings (SSSR count). The van der Waals surface area contributed by atoms with Crippen LogP contribution in [0.4, 0.5) is 0 Å². The molecular weight excluding hydrogens is 242 g/mol. The van der Waals surface area contributed by atoms with Crippen LogP contribution in [0.5, 0.6) is 0 Å². The van der Waals surface area contributed by atoms with Gasteiger partial charge in [0.25, 0.3) is 0 Å². The van der Waals surface area contributed by atoms with E-state index in [0.29, 0.717) is 11.3 Å². The second-order valence-corrected chi connectivity index (χ2v) is 4.15. The van der Waals surface area contributed by atoms with Crippen LogP contribution in [0.1, 0.15) is 11.9 Å². The van der Waals surface area contributed by atoms with Crippen molar-refractivity contribution in [2.24, 2.45) is 0 Å². The van der Waals surface area contributed by atoms with Crippen LogP contribution >= 0.6 is 11.8 Å². The summed E-state index contributed by atoms with van der Waals surface area (Å²) >= 11 is 1.44. The number of thioether (sulfide) groups is 1. The van der Waals surface area contributed by atoms with Gasteiger partial charge in [-0.2, -0.15) is 11.8 Å². The molecule has 1 aromatic heterocycles. The Labute approximate surface area is 104 Å². The van der Waals surface area contributed by atoms with E-state index in [1.807, 2.05) is 6.26 Å². The average molecular weight is 257 g/mol. The van der Waals surface area contributed by atoms with E-state index in [1.54, 1.807) is 18.3 Å². The van der Waals surface area contributed by atoms with Crippen molar-refractivity contribution in [1.29, 1.82) is 0 Å². The van der Waals surface area contributed by atoms with Crippen molar-refractivity contribution < 1.29 is 19.4 Å². The summed E-state index contributed by atoms with van der Waals surface area (Å²) < 4.78 is 9.85. The molecule has 5 nitrogen and oxygen atoms in total. The number of hydrogen-bond acceptors (Lipinski definition) is 6. The first-order valence-electron chi connectivity index (χ1n) is 4.99. The fourth-order valence-corrected chi connectivity index (χ4v) is 1.72. The van der Waals surface area contributed by atoms with Crippen molar-refractivity contribution >= 4 is 17.7 Å². The lowest BCUT2D eigenvalue weighted by molar-refractivity contribution is -0.175. The Morgan fingerprint density at radius 2 is 2.41 bits per heavy atom. The van der Waals surface area contributed by atoms with Gasteiger partial charge in [-0.3, -0.25) is 4.98 Å². The summed E-state index contributed by atoms with van der Waals surface area (Å²) in [7, 11) is 1.29. The van der Waals surface area contributed by atoms with Gasteiger partial charge in [0, 0.05) is 23.7 Å². The van der Waals surface area contributed by atoms with Crippen LogP contribution in [0.3, 0.4) is 0 Å². The first-order chi connectivity index (χ1) is 8.19. The third-order valence-electron chi connectivity index (χ3n) is 2.04. The SMILES string of the molecule is COC(=O)C(CSC)OC(O)c1cccnc1. The van der Waals surface area contributed by atoms with Crippen molar-refractivity contribution in [1.82, 2.24) is 4.98 Å². The maximum absolute atomic E-state index is 11.4. The van der Waals surface area contributed by atoms with E-state index in [-0.39, 0.29) is 0 Å². The zero-order chi connectivity index (χ0) is 12.7. The molecule has 1 aromatic rings. The lowest BCUT2D eigenvalue weighted by atomic mass is 10.3. The highest BCUT2D eigenvalue weighted by Crippen LogP contribution is 2.17. The molecule has 0 fully saturated rings. The van der Waals surface area contributed by atoms with Crippen molar-refractivity contribution in [3.05, 3.63) is 30.1 Å². The van der Waals surface area contributed by atoms with Crippen molar-refractivity contribution in [2.75, 3.05) is 19.1 Å². The highest BCUT2D eigenvalue weighted by atomic mass is 32.2. The zero-order valence-corrected chi connectivity index (χ0v) is 10.5. The Bertz CT molecular complexity index is 347. The van der Waals surface area contributed by atoms with Crippen LogP contribution in [0.2, 0.25) is 0 Å². The minimum absolute atomic E-state index is 0.421. The lowest BCUT2D eigenvalue weighted by Gasteiger charge is -2.18. The predicted octanol–water partition coefficient (Wildman–Crippen LogP) is 0.994. The van der Waals surface area contributed by atoms with Crippen LogP contribution in [-0.2, 0) is 14.3 Å². The number of esters is 1. The molecule has 1 N–H and O–H groups in total. The summed E-state index contributed by atoms with van der Waals surface area (Å²) in [6.45, 7) is 0. The van der Waals surface area contributed by atoms with Gasteiger partial charge < -0.3 is 14.6 Å². The number of carbonyl (C=O) groups is 1. The van der Waals surface area contributed by atoms with Crippen LogP contribution in [-0.4, -0.2) is 41.3 Å². The number of carbonyl (C=O) groups excluding carboxylic acids is 1. The monoisotopic (exact) mass is 257 g/mol. The van der Waals surface area contributed by atoms with Gasteiger partial charge in [-0.15, -0.1) is 0 Å². The Morgan fingerprint density at radius 1 is 1.65 bits per heavy atom. The van der Waals surface area contributed by atoms with Gasteiger partial charge in [-0.25, -0.2) is 4.79 Å². The fourth-order valence-electron chi connectivity index (χ4n) is 1.20. The first kappa shape index (κ1) is 14.0. The van der Waals surface area contributed by atoms with E-state index in [2.05, 4.69) is 9.72 Å². The molecule has 0 aliphatic rings. The van der Waals surface area contributed by atoms with Gasteiger partial charge in [0.15, 0.2) is 12.4 Å². The Balaban J connectivity index is 2.64. The first-order valence-corrected chi connectivity index (χ1v) is 6.38. The molecule has 0 radical (unpaired) electrons. The van der Waals surface area contributed by atoms with Gasteiger partial charge in [-0.05, 0) is 12.3 Å². The van der Waals surface area contributed by atoms with Crippen molar-refractivity contribution in [3.8, 4) is 0 Å². The van der Waals surface area contributed by atoms with Gasteiger partial charge in [0.05, 0.1) is 7.11 Å². The van der Waals surface area contributed by atoms with E-state index < -0.39 is 18.4 Å². The van der Waals surface area contributed by atoms with Crippen LogP contribution in [0, 0.1) is 0 Å². The second-order valence-electron chi connectivity index (χ2n) is 3.24. The molecule has 0 saturated heterocycles. The summed E-state index contributed by atoms with van der Waals surface area (Å²) in [4.78, 5) is 15.2. The summed E-state index contributed by atoms with van der Waals surface area (Å²) in [5.41, 5.74) is 0.502. The molecule has 0 bridgehead atoms. The Hall–Kier alpha value is -1.11.